The normalized spacial score (nSPS) is 21.9. The van der Waals surface area contributed by atoms with Crippen molar-refractivity contribution >= 4 is 23.1 Å². The van der Waals surface area contributed by atoms with Gasteiger partial charge in [-0.2, -0.15) is 0 Å². The molecule has 1 saturated carbocycles. The highest BCUT2D eigenvalue weighted by molar-refractivity contribution is 5.99. The maximum Gasteiger partial charge on any atom is 0.228 e. The van der Waals surface area contributed by atoms with Gasteiger partial charge in [-0.15, -0.1) is 5.10 Å². The van der Waals surface area contributed by atoms with E-state index in [9.17, 15) is 4.79 Å². The second-order valence-electron chi connectivity index (χ2n) is 7.48. The van der Waals surface area contributed by atoms with Gasteiger partial charge in [0.25, 0.3) is 0 Å². The number of amides is 1. The Morgan fingerprint density at radius 1 is 1.15 bits per heavy atom. The summed E-state index contributed by atoms with van der Waals surface area (Å²) in [4.78, 5) is 16.1. The number of nitrogens with one attached hydrogen (secondary N) is 2. The minimum atomic E-state index is 0.0390. The fourth-order valence-corrected chi connectivity index (χ4v) is 3.99. The van der Waals surface area contributed by atoms with Crippen molar-refractivity contribution in [3.63, 3.8) is 0 Å². The minimum absolute atomic E-state index is 0.0390. The first-order chi connectivity index (χ1) is 13.2. The van der Waals surface area contributed by atoms with Crippen LogP contribution in [0.4, 0.5) is 11.5 Å². The van der Waals surface area contributed by atoms with Gasteiger partial charge in [-0.3, -0.25) is 4.79 Å². The third kappa shape index (κ3) is 3.04. The molecule has 2 aliphatic rings. The Kier molecular flexibility index (Phi) is 3.82. The number of hydrogen-bond acceptors (Lipinski definition) is 5. The van der Waals surface area contributed by atoms with E-state index in [4.69, 9.17) is 10.8 Å². The lowest BCUT2D eigenvalue weighted by molar-refractivity contribution is -0.115. The Morgan fingerprint density at radius 2 is 2.00 bits per heavy atom. The number of nitrogens with two attached hydrogens (primary N) is 1. The Hall–Kier alpha value is -2.93. The standard InChI is InChI=1S/C20H22N6O/c21-14-3-5-15(6-4-14)23-18-7-8-19-22-11-17(26(19)25-18)13-2-1-12-10-20(27)24-16(12)9-13/h1-2,7-9,11,14-15H,3-6,10,21H2,(H,23,25)(H,24,27). The molecule has 4 N–H and O–H groups in total. The minimum Gasteiger partial charge on any atom is -0.366 e. The molecule has 0 spiro atoms. The predicted molar refractivity (Wildman–Crippen MR) is 105 cm³/mol. The largest absolute Gasteiger partial charge is 0.366 e. The summed E-state index contributed by atoms with van der Waals surface area (Å²) in [7, 11) is 0. The van der Waals surface area contributed by atoms with E-state index in [1.54, 1.807) is 0 Å². The molecule has 1 aliphatic carbocycles. The van der Waals surface area contributed by atoms with Crippen LogP contribution in [0.3, 0.4) is 0 Å². The van der Waals surface area contributed by atoms with E-state index in [2.05, 4.69) is 15.6 Å². The number of anilines is 2. The molecule has 3 heterocycles. The SMILES string of the molecule is NC1CCC(Nc2ccc3ncc(-c4ccc5c(c4)NC(=O)C5)n3n2)CC1. The zero-order valence-corrected chi connectivity index (χ0v) is 15.0. The molecule has 138 valence electrons. The third-order valence-corrected chi connectivity index (χ3v) is 5.52. The van der Waals surface area contributed by atoms with Gasteiger partial charge in [0.05, 0.1) is 18.3 Å². The molecule has 1 amide bonds. The Labute approximate surface area is 157 Å². The number of rotatable bonds is 3. The molecule has 3 aromatic rings. The van der Waals surface area contributed by atoms with Crippen molar-refractivity contribution in [3.05, 3.63) is 42.1 Å². The number of carbonyl (C=O) groups excluding carboxylic acids is 1. The molecule has 1 aliphatic heterocycles. The van der Waals surface area contributed by atoms with Gasteiger partial charge in [0.1, 0.15) is 5.82 Å². The van der Waals surface area contributed by atoms with Gasteiger partial charge in [-0.1, -0.05) is 12.1 Å². The Balaban J connectivity index is 1.45. The number of fused-ring (bicyclic) bond motifs is 2. The van der Waals surface area contributed by atoms with Crippen LogP contribution in [0.15, 0.2) is 36.5 Å². The lowest BCUT2D eigenvalue weighted by Crippen LogP contribution is -2.33. The van der Waals surface area contributed by atoms with Gasteiger partial charge in [0.15, 0.2) is 5.65 Å². The highest BCUT2D eigenvalue weighted by atomic mass is 16.1. The molecular formula is C20H22N6O. The molecule has 27 heavy (non-hydrogen) atoms. The number of nitrogens with zero attached hydrogens (tertiary/aromatic N) is 3. The third-order valence-electron chi connectivity index (χ3n) is 5.52. The van der Waals surface area contributed by atoms with Crippen molar-refractivity contribution in [2.75, 3.05) is 10.6 Å². The molecule has 0 saturated heterocycles. The van der Waals surface area contributed by atoms with Crippen LogP contribution in [-0.2, 0) is 11.2 Å². The summed E-state index contributed by atoms with van der Waals surface area (Å²) in [6.07, 6.45) is 6.52. The molecular weight excluding hydrogens is 340 g/mol. The zero-order valence-electron chi connectivity index (χ0n) is 15.0. The summed E-state index contributed by atoms with van der Waals surface area (Å²) >= 11 is 0. The summed E-state index contributed by atoms with van der Waals surface area (Å²) in [5.74, 6) is 0.883. The summed E-state index contributed by atoms with van der Waals surface area (Å²) in [5.41, 5.74) is 10.6. The van der Waals surface area contributed by atoms with Crippen LogP contribution in [0.25, 0.3) is 16.9 Å². The van der Waals surface area contributed by atoms with Crippen LogP contribution in [0.2, 0.25) is 0 Å². The second-order valence-corrected chi connectivity index (χ2v) is 7.48. The molecule has 7 nitrogen and oxygen atoms in total. The average molecular weight is 362 g/mol. The predicted octanol–water partition coefficient (Wildman–Crippen LogP) is 2.57. The molecule has 1 fully saturated rings. The number of carbonyl (C=O) groups is 1. The molecule has 0 radical (unpaired) electrons. The second kappa shape index (κ2) is 6.35. The molecule has 0 unspecified atom stereocenters. The number of hydrogen-bond donors (Lipinski definition) is 3. The molecule has 0 bridgehead atoms. The fourth-order valence-electron chi connectivity index (χ4n) is 3.99. The fraction of sp³-hybridized carbons (Fsp3) is 0.350. The first-order valence-corrected chi connectivity index (χ1v) is 9.46. The highest BCUT2D eigenvalue weighted by Crippen LogP contribution is 2.30. The molecule has 5 rings (SSSR count). The lowest BCUT2D eigenvalue weighted by atomic mass is 9.92. The quantitative estimate of drug-likeness (QED) is 0.665. The van der Waals surface area contributed by atoms with Crippen LogP contribution >= 0.6 is 0 Å². The maximum atomic E-state index is 11.6. The van der Waals surface area contributed by atoms with E-state index in [1.807, 2.05) is 41.0 Å². The Morgan fingerprint density at radius 3 is 2.85 bits per heavy atom. The monoisotopic (exact) mass is 362 g/mol. The van der Waals surface area contributed by atoms with Crippen LogP contribution in [0.1, 0.15) is 31.2 Å². The summed E-state index contributed by atoms with van der Waals surface area (Å²) in [5, 5.41) is 11.2. The molecule has 7 heteroatoms. The van der Waals surface area contributed by atoms with Crippen molar-refractivity contribution in [2.24, 2.45) is 5.73 Å². The smallest absolute Gasteiger partial charge is 0.228 e. The summed E-state index contributed by atoms with van der Waals surface area (Å²) in [6.45, 7) is 0. The first-order valence-electron chi connectivity index (χ1n) is 9.46. The van der Waals surface area contributed by atoms with Crippen molar-refractivity contribution in [3.8, 4) is 11.3 Å². The van der Waals surface area contributed by atoms with Gasteiger partial charge in [-0.05, 0) is 49.4 Å². The van der Waals surface area contributed by atoms with Gasteiger partial charge < -0.3 is 16.4 Å². The summed E-state index contributed by atoms with van der Waals surface area (Å²) in [6, 6.07) is 10.7. The maximum absolute atomic E-state index is 11.6. The van der Waals surface area contributed by atoms with E-state index >= 15 is 0 Å². The Bertz CT molecular complexity index is 1020. The van der Waals surface area contributed by atoms with Gasteiger partial charge in [-0.25, -0.2) is 9.50 Å². The molecule has 0 atom stereocenters. The number of benzene rings is 1. The van der Waals surface area contributed by atoms with Crippen LogP contribution in [0, 0.1) is 0 Å². The van der Waals surface area contributed by atoms with Gasteiger partial charge in [0.2, 0.25) is 5.91 Å². The van der Waals surface area contributed by atoms with E-state index in [1.165, 1.54) is 0 Å². The van der Waals surface area contributed by atoms with Crippen molar-refractivity contribution < 1.29 is 4.79 Å². The topological polar surface area (TPSA) is 97.3 Å². The summed E-state index contributed by atoms with van der Waals surface area (Å²) < 4.78 is 1.86. The van der Waals surface area contributed by atoms with E-state index < -0.39 is 0 Å². The van der Waals surface area contributed by atoms with E-state index in [0.717, 1.165) is 59.7 Å². The van der Waals surface area contributed by atoms with E-state index in [0.29, 0.717) is 18.5 Å². The van der Waals surface area contributed by atoms with Crippen LogP contribution < -0.4 is 16.4 Å². The highest BCUT2D eigenvalue weighted by Gasteiger charge is 2.20. The van der Waals surface area contributed by atoms with Crippen molar-refractivity contribution in [1.29, 1.82) is 0 Å². The first kappa shape index (κ1) is 16.3. The number of aromatic nitrogens is 3. The molecule has 1 aromatic carbocycles. The van der Waals surface area contributed by atoms with Crippen LogP contribution in [-0.4, -0.2) is 32.6 Å². The van der Waals surface area contributed by atoms with Crippen LogP contribution in [0.5, 0.6) is 0 Å². The molecule has 2 aromatic heterocycles. The van der Waals surface area contributed by atoms with E-state index in [-0.39, 0.29) is 5.91 Å². The van der Waals surface area contributed by atoms with Gasteiger partial charge in [0, 0.05) is 23.3 Å². The lowest BCUT2D eigenvalue weighted by Gasteiger charge is -2.27. The number of imidazole rings is 1. The zero-order chi connectivity index (χ0) is 18.4. The average Bonchev–Trinajstić information content (AvgIpc) is 3.25. The van der Waals surface area contributed by atoms with Gasteiger partial charge >= 0.3 is 0 Å². The van der Waals surface area contributed by atoms with Crippen molar-refractivity contribution in [1.82, 2.24) is 14.6 Å². The van der Waals surface area contributed by atoms with Crippen molar-refractivity contribution in [2.45, 2.75) is 44.2 Å².